The van der Waals surface area contributed by atoms with Crippen LogP contribution in [-0.4, -0.2) is 18.7 Å². The number of esters is 1. The fourth-order valence-corrected chi connectivity index (χ4v) is 7.94. The summed E-state index contributed by atoms with van der Waals surface area (Å²) < 4.78 is 11.4. The average Bonchev–Trinajstić information content (AvgIpc) is 3.10. The standard InChI is InChI=1S/C26H26NO3PS/c1-3-29-25(28)19-18-24-26(2,22-16-10-11-17-23(22)30-24)27-31(32,20-12-6-4-7-13-20)21-14-8-5-9-15-21/h4-19,24H,3H2,1-2H3,(H,27,32)/b19-18+/t24-,26-/m1/s1. The molecule has 1 aliphatic heterocycles. The molecule has 6 heteroatoms. The highest BCUT2D eigenvalue weighted by atomic mass is 32.4. The molecule has 0 radical (unpaired) electrons. The summed E-state index contributed by atoms with van der Waals surface area (Å²) in [5.41, 5.74) is 0.362. The number of para-hydroxylation sites is 1. The maximum atomic E-state index is 12.0. The van der Waals surface area contributed by atoms with Gasteiger partial charge in [0.15, 0.2) is 0 Å². The van der Waals surface area contributed by atoms with Crippen LogP contribution in [0.3, 0.4) is 0 Å². The quantitative estimate of drug-likeness (QED) is 0.319. The van der Waals surface area contributed by atoms with Gasteiger partial charge in [0.2, 0.25) is 0 Å². The third-order valence-corrected chi connectivity index (χ3v) is 9.96. The van der Waals surface area contributed by atoms with Crippen molar-refractivity contribution >= 4 is 34.6 Å². The second kappa shape index (κ2) is 9.41. The molecule has 32 heavy (non-hydrogen) atoms. The molecule has 1 heterocycles. The molecule has 1 N–H and O–H groups in total. The van der Waals surface area contributed by atoms with Crippen LogP contribution in [0.2, 0.25) is 0 Å². The van der Waals surface area contributed by atoms with Crippen LogP contribution in [0.15, 0.2) is 97.1 Å². The van der Waals surface area contributed by atoms with E-state index in [2.05, 4.69) is 42.3 Å². The van der Waals surface area contributed by atoms with Gasteiger partial charge < -0.3 is 9.47 Å². The van der Waals surface area contributed by atoms with Crippen LogP contribution in [0.4, 0.5) is 0 Å². The Morgan fingerprint density at radius 1 is 1.03 bits per heavy atom. The Morgan fingerprint density at radius 3 is 2.19 bits per heavy atom. The average molecular weight is 464 g/mol. The Morgan fingerprint density at radius 2 is 1.59 bits per heavy atom. The molecule has 0 bridgehead atoms. The van der Waals surface area contributed by atoms with Crippen molar-refractivity contribution in [3.05, 3.63) is 103 Å². The molecule has 3 aromatic carbocycles. The molecule has 1 aliphatic rings. The number of ether oxygens (including phenoxy) is 2. The summed E-state index contributed by atoms with van der Waals surface area (Å²) in [7, 11) is 0. The van der Waals surface area contributed by atoms with Crippen molar-refractivity contribution in [1.82, 2.24) is 5.09 Å². The van der Waals surface area contributed by atoms with Crippen LogP contribution < -0.4 is 20.4 Å². The third-order valence-electron chi connectivity index (χ3n) is 5.59. The molecule has 4 rings (SSSR count). The zero-order valence-electron chi connectivity index (χ0n) is 18.1. The minimum atomic E-state index is -2.44. The maximum absolute atomic E-state index is 12.0. The highest BCUT2D eigenvalue weighted by Gasteiger charge is 2.47. The van der Waals surface area contributed by atoms with E-state index >= 15 is 0 Å². The largest absolute Gasteiger partial charge is 0.484 e. The molecule has 164 valence electrons. The van der Waals surface area contributed by atoms with Gasteiger partial charge in [-0.2, -0.15) is 0 Å². The second-order valence-corrected chi connectivity index (χ2v) is 11.9. The predicted octanol–water partition coefficient (Wildman–Crippen LogP) is 4.42. The highest BCUT2D eigenvalue weighted by molar-refractivity contribution is 8.20. The lowest BCUT2D eigenvalue weighted by molar-refractivity contribution is -0.137. The summed E-state index contributed by atoms with van der Waals surface area (Å²) in [6.45, 7) is 4.20. The first-order chi connectivity index (χ1) is 15.5. The SMILES string of the molecule is CCOC(=O)/C=C/[C@H]1Oc2ccccc2[C@@]1(C)NP(=S)(c1ccccc1)c1ccccc1. The molecule has 2 atom stereocenters. The number of nitrogens with one attached hydrogen (secondary N) is 1. The van der Waals surface area contributed by atoms with Crippen molar-refractivity contribution in [3.8, 4) is 5.75 Å². The minimum Gasteiger partial charge on any atom is -0.484 e. The Bertz CT molecular complexity index is 1120. The van der Waals surface area contributed by atoms with Gasteiger partial charge in [-0.25, -0.2) is 4.79 Å². The first-order valence-corrected chi connectivity index (χ1v) is 13.4. The number of hydrogen-bond donors (Lipinski definition) is 1. The summed E-state index contributed by atoms with van der Waals surface area (Å²) in [4.78, 5) is 12.0. The fraction of sp³-hybridized carbons (Fsp3) is 0.192. The number of fused-ring (bicyclic) bond motifs is 1. The van der Waals surface area contributed by atoms with Crippen LogP contribution >= 0.6 is 6.19 Å². The van der Waals surface area contributed by atoms with E-state index in [9.17, 15) is 4.79 Å². The molecule has 0 fully saturated rings. The van der Waals surface area contributed by atoms with Crippen molar-refractivity contribution in [2.24, 2.45) is 0 Å². The van der Waals surface area contributed by atoms with Crippen LogP contribution in [-0.2, 0) is 26.9 Å². The third kappa shape index (κ3) is 4.29. The molecule has 0 aromatic heterocycles. The Hall–Kier alpha value is -2.72. The van der Waals surface area contributed by atoms with E-state index in [0.29, 0.717) is 6.61 Å². The van der Waals surface area contributed by atoms with Crippen LogP contribution in [0, 0.1) is 0 Å². The van der Waals surface area contributed by atoms with E-state index in [1.807, 2.05) is 54.6 Å². The Kier molecular flexibility index (Phi) is 6.61. The van der Waals surface area contributed by atoms with E-state index in [-0.39, 0.29) is 5.97 Å². The molecule has 0 amide bonds. The summed E-state index contributed by atoms with van der Waals surface area (Å²) in [5.74, 6) is 0.392. The van der Waals surface area contributed by atoms with Crippen molar-refractivity contribution in [1.29, 1.82) is 0 Å². The lowest BCUT2D eigenvalue weighted by atomic mass is 9.89. The molecular weight excluding hydrogens is 437 g/mol. The molecule has 0 saturated carbocycles. The van der Waals surface area contributed by atoms with Crippen molar-refractivity contribution < 1.29 is 14.3 Å². The van der Waals surface area contributed by atoms with Gasteiger partial charge in [0.1, 0.15) is 11.9 Å². The van der Waals surface area contributed by atoms with Gasteiger partial charge in [-0.15, -0.1) is 0 Å². The number of carbonyl (C=O) groups excluding carboxylic acids is 1. The van der Waals surface area contributed by atoms with Gasteiger partial charge in [0.25, 0.3) is 0 Å². The van der Waals surface area contributed by atoms with E-state index in [0.717, 1.165) is 21.9 Å². The number of benzene rings is 3. The van der Waals surface area contributed by atoms with Crippen LogP contribution in [0.5, 0.6) is 5.75 Å². The smallest absolute Gasteiger partial charge is 0.330 e. The van der Waals surface area contributed by atoms with Crippen molar-refractivity contribution in [2.75, 3.05) is 6.61 Å². The number of rotatable bonds is 7. The van der Waals surface area contributed by atoms with Crippen LogP contribution in [0.1, 0.15) is 19.4 Å². The topological polar surface area (TPSA) is 47.6 Å². The molecule has 4 nitrogen and oxygen atoms in total. The van der Waals surface area contributed by atoms with Gasteiger partial charge in [0.05, 0.1) is 18.3 Å². The molecule has 0 unspecified atom stereocenters. The molecule has 0 spiro atoms. The van der Waals surface area contributed by atoms with E-state index in [1.54, 1.807) is 13.0 Å². The van der Waals surface area contributed by atoms with E-state index in [4.69, 9.17) is 21.3 Å². The summed E-state index contributed by atoms with van der Waals surface area (Å²) in [5, 5.41) is 6.00. The zero-order chi connectivity index (χ0) is 22.6. The van der Waals surface area contributed by atoms with Crippen molar-refractivity contribution in [3.63, 3.8) is 0 Å². The van der Waals surface area contributed by atoms with Gasteiger partial charge in [-0.1, -0.05) is 90.7 Å². The second-order valence-electron chi connectivity index (χ2n) is 7.74. The van der Waals surface area contributed by atoms with Gasteiger partial charge in [-0.05, 0) is 26.0 Å². The maximum Gasteiger partial charge on any atom is 0.330 e. The molecular formula is C26H26NO3PS. The Balaban J connectivity index is 1.81. The first-order valence-electron chi connectivity index (χ1n) is 10.6. The normalized spacial score (nSPS) is 20.0. The lowest BCUT2D eigenvalue weighted by Crippen LogP contribution is -2.48. The summed E-state index contributed by atoms with van der Waals surface area (Å²) >= 11 is 6.43. The molecule has 0 saturated heterocycles. The zero-order valence-corrected chi connectivity index (χ0v) is 19.8. The number of carbonyl (C=O) groups is 1. The predicted molar refractivity (Wildman–Crippen MR) is 134 cm³/mol. The van der Waals surface area contributed by atoms with Gasteiger partial charge in [-0.3, -0.25) is 5.09 Å². The highest BCUT2D eigenvalue weighted by Crippen LogP contribution is 2.50. The van der Waals surface area contributed by atoms with Gasteiger partial charge in [0, 0.05) is 22.2 Å². The monoisotopic (exact) mass is 463 g/mol. The first kappa shape index (κ1) is 22.5. The summed E-state index contributed by atoms with van der Waals surface area (Å²) in [6, 6.07) is 28.3. The number of hydrogen-bond acceptors (Lipinski definition) is 4. The molecule has 3 aromatic rings. The van der Waals surface area contributed by atoms with E-state index < -0.39 is 17.8 Å². The van der Waals surface area contributed by atoms with Gasteiger partial charge >= 0.3 is 5.97 Å². The summed E-state index contributed by atoms with van der Waals surface area (Å²) in [6.07, 6.45) is 0.334. The van der Waals surface area contributed by atoms with Crippen LogP contribution in [0.25, 0.3) is 0 Å². The molecule has 0 aliphatic carbocycles. The van der Waals surface area contributed by atoms with E-state index in [1.165, 1.54) is 6.08 Å². The lowest BCUT2D eigenvalue weighted by Gasteiger charge is -2.37. The fourth-order valence-electron chi connectivity index (χ4n) is 4.00. The minimum absolute atomic E-state index is 0.327. The Labute approximate surface area is 194 Å². The van der Waals surface area contributed by atoms with Crippen molar-refractivity contribution in [2.45, 2.75) is 25.5 Å².